The number of nitro benzene ring substituents is 1. The number of nitrogens with zero attached hydrogens (tertiary/aromatic N) is 2. The van der Waals surface area contributed by atoms with Crippen molar-refractivity contribution in [3.05, 3.63) is 70.0 Å². The monoisotopic (exact) mass is 330 g/mol. The van der Waals surface area contributed by atoms with Crippen LogP contribution in [0.4, 0.5) is 15.8 Å². The molecule has 2 rings (SSSR count). The van der Waals surface area contributed by atoms with Gasteiger partial charge in [0.1, 0.15) is 5.82 Å². The number of carbonyl (C=O) groups excluding carboxylic acids is 1. The van der Waals surface area contributed by atoms with E-state index in [0.29, 0.717) is 18.2 Å². The first-order valence-electron chi connectivity index (χ1n) is 7.70. The van der Waals surface area contributed by atoms with E-state index in [0.717, 1.165) is 6.42 Å². The van der Waals surface area contributed by atoms with Gasteiger partial charge >= 0.3 is 0 Å². The number of benzene rings is 2. The second-order valence-corrected chi connectivity index (χ2v) is 5.92. The summed E-state index contributed by atoms with van der Waals surface area (Å²) in [6.07, 6.45) is 0.762. The van der Waals surface area contributed by atoms with E-state index in [1.165, 1.54) is 47.4 Å². The molecule has 0 spiro atoms. The van der Waals surface area contributed by atoms with Crippen LogP contribution in [0.3, 0.4) is 0 Å². The molecule has 1 amide bonds. The van der Waals surface area contributed by atoms with Crippen LogP contribution < -0.4 is 4.90 Å². The first kappa shape index (κ1) is 17.6. The molecule has 6 heteroatoms. The standard InChI is InChI=1S/C18H19FN2O3/c1-13(2)10-11-20(16-8-6-15(19)7-9-16)18(22)14-4-3-5-17(12-14)21(23)24/h3-9,12-13H,10-11H2,1-2H3. The van der Waals surface area contributed by atoms with Crippen LogP contribution >= 0.6 is 0 Å². The lowest BCUT2D eigenvalue weighted by molar-refractivity contribution is -0.384. The minimum Gasteiger partial charge on any atom is -0.308 e. The maximum absolute atomic E-state index is 13.2. The summed E-state index contributed by atoms with van der Waals surface area (Å²) in [5, 5.41) is 10.9. The minimum atomic E-state index is -0.535. The van der Waals surface area contributed by atoms with E-state index in [9.17, 15) is 19.3 Å². The van der Waals surface area contributed by atoms with E-state index in [4.69, 9.17) is 0 Å². The molecule has 0 saturated heterocycles. The molecule has 2 aromatic rings. The first-order valence-corrected chi connectivity index (χ1v) is 7.70. The van der Waals surface area contributed by atoms with Crippen molar-refractivity contribution in [2.75, 3.05) is 11.4 Å². The predicted octanol–water partition coefficient (Wildman–Crippen LogP) is 4.43. The lowest BCUT2D eigenvalue weighted by Crippen LogP contribution is -2.32. The number of rotatable bonds is 6. The molecular weight excluding hydrogens is 311 g/mol. The van der Waals surface area contributed by atoms with Crippen molar-refractivity contribution in [3.8, 4) is 0 Å². The van der Waals surface area contributed by atoms with Crippen molar-refractivity contribution >= 4 is 17.3 Å². The predicted molar refractivity (Wildman–Crippen MR) is 90.6 cm³/mol. The molecule has 5 nitrogen and oxygen atoms in total. The van der Waals surface area contributed by atoms with Crippen LogP contribution in [0, 0.1) is 21.8 Å². The number of non-ortho nitro benzene ring substituents is 1. The van der Waals surface area contributed by atoms with E-state index in [2.05, 4.69) is 0 Å². The van der Waals surface area contributed by atoms with Crippen molar-refractivity contribution < 1.29 is 14.1 Å². The van der Waals surface area contributed by atoms with Crippen LogP contribution in [0.1, 0.15) is 30.6 Å². The zero-order chi connectivity index (χ0) is 17.7. The largest absolute Gasteiger partial charge is 0.308 e. The number of carbonyl (C=O) groups is 1. The lowest BCUT2D eigenvalue weighted by Gasteiger charge is -2.24. The van der Waals surface area contributed by atoms with Crippen LogP contribution in [-0.2, 0) is 0 Å². The highest BCUT2D eigenvalue weighted by atomic mass is 19.1. The van der Waals surface area contributed by atoms with Crippen LogP contribution in [0.5, 0.6) is 0 Å². The van der Waals surface area contributed by atoms with Crippen LogP contribution in [-0.4, -0.2) is 17.4 Å². The van der Waals surface area contributed by atoms with Gasteiger partial charge in [-0.2, -0.15) is 0 Å². The summed E-state index contributed by atoms with van der Waals surface area (Å²) in [5.74, 6) is -0.345. The Balaban J connectivity index is 2.34. The van der Waals surface area contributed by atoms with Crippen molar-refractivity contribution in [3.63, 3.8) is 0 Å². The van der Waals surface area contributed by atoms with Crippen LogP contribution in [0.2, 0.25) is 0 Å². The second-order valence-electron chi connectivity index (χ2n) is 5.92. The van der Waals surface area contributed by atoms with Gasteiger partial charge in [-0.1, -0.05) is 19.9 Å². The van der Waals surface area contributed by atoms with Crippen molar-refractivity contribution in [1.82, 2.24) is 0 Å². The van der Waals surface area contributed by atoms with Gasteiger partial charge in [-0.05, 0) is 42.7 Å². The average molecular weight is 330 g/mol. The third kappa shape index (κ3) is 4.38. The molecule has 126 valence electrons. The van der Waals surface area contributed by atoms with Gasteiger partial charge in [0.05, 0.1) is 4.92 Å². The van der Waals surface area contributed by atoms with Gasteiger partial charge in [-0.3, -0.25) is 14.9 Å². The molecule has 0 heterocycles. The fraction of sp³-hybridized carbons (Fsp3) is 0.278. The molecule has 0 unspecified atom stereocenters. The zero-order valence-electron chi connectivity index (χ0n) is 13.6. The summed E-state index contributed by atoms with van der Waals surface area (Å²) in [5.41, 5.74) is 0.662. The number of hydrogen-bond donors (Lipinski definition) is 0. The summed E-state index contributed by atoms with van der Waals surface area (Å²) in [6.45, 7) is 4.53. The second kappa shape index (κ2) is 7.68. The highest BCUT2D eigenvalue weighted by Crippen LogP contribution is 2.21. The molecule has 0 radical (unpaired) electrons. The summed E-state index contributed by atoms with van der Waals surface area (Å²) >= 11 is 0. The summed E-state index contributed by atoms with van der Waals surface area (Å²) in [7, 11) is 0. The van der Waals surface area contributed by atoms with Gasteiger partial charge < -0.3 is 4.90 Å². The van der Waals surface area contributed by atoms with Crippen LogP contribution in [0.25, 0.3) is 0 Å². The maximum atomic E-state index is 13.2. The Labute approximate surface area is 139 Å². The molecule has 0 N–H and O–H groups in total. The molecule has 2 aromatic carbocycles. The summed E-state index contributed by atoms with van der Waals surface area (Å²) in [4.78, 5) is 24.7. The fourth-order valence-corrected chi connectivity index (χ4v) is 2.26. The van der Waals surface area contributed by atoms with Gasteiger partial charge in [-0.25, -0.2) is 4.39 Å². The fourth-order valence-electron chi connectivity index (χ4n) is 2.26. The Morgan fingerprint density at radius 1 is 1.21 bits per heavy atom. The molecule has 0 bridgehead atoms. The first-order chi connectivity index (χ1) is 11.4. The molecule has 24 heavy (non-hydrogen) atoms. The SMILES string of the molecule is CC(C)CCN(C(=O)c1cccc([N+](=O)[O-])c1)c1ccc(F)cc1. The van der Waals surface area contributed by atoms with Crippen LogP contribution in [0.15, 0.2) is 48.5 Å². The van der Waals surface area contributed by atoms with E-state index in [1.54, 1.807) is 6.07 Å². The molecule has 0 aliphatic carbocycles. The lowest BCUT2D eigenvalue weighted by atomic mass is 10.1. The molecule has 0 fully saturated rings. The Morgan fingerprint density at radius 2 is 1.88 bits per heavy atom. The highest BCUT2D eigenvalue weighted by Gasteiger charge is 2.20. The Kier molecular flexibility index (Phi) is 5.63. The van der Waals surface area contributed by atoms with Crippen molar-refractivity contribution in [1.29, 1.82) is 0 Å². The third-order valence-electron chi connectivity index (χ3n) is 3.62. The van der Waals surface area contributed by atoms with Crippen molar-refractivity contribution in [2.24, 2.45) is 5.92 Å². The smallest absolute Gasteiger partial charge is 0.270 e. The number of halogens is 1. The summed E-state index contributed by atoms with van der Waals surface area (Å²) < 4.78 is 13.2. The van der Waals surface area contributed by atoms with E-state index < -0.39 is 4.92 Å². The topological polar surface area (TPSA) is 63.5 Å². The third-order valence-corrected chi connectivity index (χ3v) is 3.62. The van der Waals surface area contributed by atoms with E-state index in [-0.39, 0.29) is 23.0 Å². The average Bonchev–Trinajstić information content (AvgIpc) is 2.56. The van der Waals surface area contributed by atoms with E-state index in [1.807, 2.05) is 13.8 Å². The molecule has 0 aliphatic heterocycles. The maximum Gasteiger partial charge on any atom is 0.270 e. The molecule has 0 atom stereocenters. The zero-order valence-corrected chi connectivity index (χ0v) is 13.6. The Bertz CT molecular complexity index is 729. The summed E-state index contributed by atoms with van der Waals surface area (Å²) in [6, 6.07) is 11.3. The minimum absolute atomic E-state index is 0.135. The van der Waals surface area contributed by atoms with Gasteiger partial charge in [0.25, 0.3) is 11.6 Å². The number of hydrogen-bond acceptors (Lipinski definition) is 3. The van der Waals surface area contributed by atoms with E-state index >= 15 is 0 Å². The molecule has 0 aromatic heterocycles. The normalized spacial score (nSPS) is 10.7. The van der Waals surface area contributed by atoms with Gasteiger partial charge in [0, 0.05) is 29.9 Å². The highest BCUT2D eigenvalue weighted by molar-refractivity contribution is 6.06. The van der Waals surface area contributed by atoms with Gasteiger partial charge in [0.2, 0.25) is 0 Å². The van der Waals surface area contributed by atoms with Gasteiger partial charge in [0.15, 0.2) is 0 Å². The number of anilines is 1. The Morgan fingerprint density at radius 3 is 2.46 bits per heavy atom. The number of nitro groups is 1. The number of amides is 1. The Hall–Kier alpha value is -2.76. The quantitative estimate of drug-likeness (QED) is 0.581. The molecule has 0 saturated carbocycles. The molecule has 0 aliphatic rings. The molecular formula is C18H19FN2O3. The van der Waals surface area contributed by atoms with Gasteiger partial charge in [-0.15, -0.1) is 0 Å². The van der Waals surface area contributed by atoms with Crippen molar-refractivity contribution in [2.45, 2.75) is 20.3 Å².